The van der Waals surface area contributed by atoms with Gasteiger partial charge in [-0.05, 0) is 68.8 Å². The molecule has 0 bridgehead atoms. The van der Waals surface area contributed by atoms with E-state index in [1.54, 1.807) is 10.4 Å². The summed E-state index contributed by atoms with van der Waals surface area (Å²) in [4.78, 5) is 3.16. The maximum Gasteiger partial charge on any atom is 0.0455 e. The van der Waals surface area contributed by atoms with Crippen molar-refractivity contribution >= 4 is 11.3 Å². The summed E-state index contributed by atoms with van der Waals surface area (Å²) >= 11 is 2.04. The van der Waals surface area contributed by atoms with Gasteiger partial charge in [-0.2, -0.15) is 0 Å². The molecule has 0 saturated carbocycles. The van der Waals surface area contributed by atoms with Gasteiger partial charge in [0.15, 0.2) is 0 Å². The van der Waals surface area contributed by atoms with Crippen LogP contribution in [0.15, 0.2) is 24.3 Å². The summed E-state index contributed by atoms with van der Waals surface area (Å²) in [5.74, 6) is 0. The van der Waals surface area contributed by atoms with Crippen LogP contribution in [-0.2, 0) is 19.3 Å². The van der Waals surface area contributed by atoms with Crippen molar-refractivity contribution in [3.05, 3.63) is 56.3 Å². The Balaban J connectivity index is 1.85. The number of rotatable bonds is 5. The monoisotopic (exact) mass is 299 g/mol. The summed E-state index contributed by atoms with van der Waals surface area (Å²) in [7, 11) is 0. The zero-order chi connectivity index (χ0) is 14.8. The van der Waals surface area contributed by atoms with Crippen molar-refractivity contribution < 1.29 is 0 Å². The first kappa shape index (κ1) is 14.8. The van der Waals surface area contributed by atoms with Gasteiger partial charge in [-0.3, -0.25) is 0 Å². The fourth-order valence-electron chi connectivity index (χ4n) is 3.28. The summed E-state index contributed by atoms with van der Waals surface area (Å²) in [5.41, 5.74) is 5.86. The molecule has 1 nitrogen and oxygen atoms in total. The Morgan fingerprint density at radius 3 is 2.81 bits per heavy atom. The molecule has 1 aliphatic carbocycles. The molecule has 0 fully saturated rings. The van der Waals surface area contributed by atoms with Crippen LogP contribution in [0, 0.1) is 13.8 Å². The lowest BCUT2D eigenvalue weighted by Crippen LogP contribution is -2.22. The van der Waals surface area contributed by atoms with Gasteiger partial charge in [-0.25, -0.2) is 0 Å². The highest BCUT2D eigenvalue weighted by molar-refractivity contribution is 7.12. The Morgan fingerprint density at radius 1 is 1.19 bits per heavy atom. The molecule has 0 radical (unpaired) electrons. The molecular formula is C19H25NS. The van der Waals surface area contributed by atoms with E-state index in [9.17, 15) is 0 Å². The van der Waals surface area contributed by atoms with Crippen LogP contribution in [0.25, 0.3) is 0 Å². The highest BCUT2D eigenvalue weighted by Gasteiger charge is 2.20. The summed E-state index contributed by atoms with van der Waals surface area (Å²) in [6, 6.07) is 9.74. The number of hydrogen-bond acceptors (Lipinski definition) is 2. The van der Waals surface area contributed by atoms with Crippen LogP contribution in [0.4, 0.5) is 0 Å². The number of aryl methyl sites for hydroxylation is 4. The van der Waals surface area contributed by atoms with Gasteiger partial charge in [0.05, 0.1) is 0 Å². The quantitative estimate of drug-likeness (QED) is 0.840. The third-order valence-corrected chi connectivity index (χ3v) is 5.84. The fraction of sp³-hybridized carbons (Fsp3) is 0.474. The maximum absolute atomic E-state index is 3.69. The van der Waals surface area contributed by atoms with Crippen molar-refractivity contribution in [1.82, 2.24) is 5.32 Å². The Hall–Kier alpha value is -1.12. The lowest BCUT2D eigenvalue weighted by atomic mass is 9.98. The summed E-state index contributed by atoms with van der Waals surface area (Å²) in [6.07, 6.45) is 5.03. The number of likely N-dealkylation sites (N-methyl/N-ethyl adjacent to an activating group) is 1. The van der Waals surface area contributed by atoms with Crippen LogP contribution >= 0.6 is 11.3 Å². The molecule has 1 atom stereocenters. The van der Waals surface area contributed by atoms with E-state index in [0.29, 0.717) is 6.04 Å². The molecule has 0 saturated heterocycles. The van der Waals surface area contributed by atoms with Crippen molar-refractivity contribution in [3.63, 3.8) is 0 Å². The van der Waals surface area contributed by atoms with Crippen molar-refractivity contribution in [2.45, 2.75) is 52.5 Å². The SMILES string of the molecule is CCNC(Cc1cc(C)ccc1C)c1cc2c(s1)CCC2. The minimum absolute atomic E-state index is 0.464. The van der Waals surface area contributed by atoms with Gasteiger partial charge in [0.25, 0.3) is 0 Å². The number of nitrogens with one attached hydrogen (secondary N) is 1. The summed E-state index contributed by atoms with van der Waals surface area (Å²) < 4.78 is 0. The van der Waals surface area contributed by atoms with E-state index in [4.69, 9.17) is 0 Å². The van der Waals surface area contributed by atoms with E-state index >= 15 is 0 Å². The number of benzene rings is 1. The van der Waals surface area contributed by atoms with Crippen molar-refractivity contribution in [2.24, 2.45) is 0 Å². The first-order chi connectivity index (χ1) is 10.2. The highest BCUT2D eigenvalue weighted by Crippen LogP contribution is 2.35. The van der Waals surface area contributed by atoms with Gasteiger partial charge in [0, 0.05) is 15.8 Å². The minimum Gasteiger partial charge on any atom is -0.309 e. The third kappa shape index (κ3) is 3.22. The van der Waals surface area contributed by atoms with Crippen LogP contribution in [0.1, 0.15) is 51.4 Å². The van der Waals surface area contributed by atoms with Gasteiger partial charge >= 0.3 is 0 Å². The number of fused-ring (bicyclic) bond motifs is 1. The minimum atomic E-state index is 0.464. The first-order valence-corrected chi connectivity index (χ1v) is 8.90. The lowest BCUT2D eigenvalue weighted by molar-refractivity contribution is 0.556. The van der Waals surface area contributed by atoms with Crippen molar-refractivity contribution in [2.75, 3.05) is 6.54 Å². The van der Waals surface area contributed by atoms with E-state index in [2.05, 4.69) is 50.4 Å². The molecule has 1 aromatic carbocycles. The summed E-state index contributed by atoms with van der Waals surface area (Å²) in [6.45, 7) is 7.65. The zero-order valence-corrected chi connectivity index (χ0v) is 14.1. The van der Waals surface area contributed by atoms with Gasteiger partial charge in [0.1, 0.15) is 0 Å². The smallest absolute Gasteiger partial charge is 0.0455 e. The molecule has 0 aliphatic heterocycles. The van der Waals surface area contributed by atoms with Gasteiger partial charge in [-0.15, -0.1) is 11.3 Å². The third-order valence-electron chi connectivity index (χ3n) is 4.49. The van der Waals surface area contributed by atoms with E-state index < -0.39 is 0 Å². The molecule has 2 heteroatoms. The Morgan fingerprint density at radius 2 is 2.05 bits per heavy atom. The normalized spacial score (nSPS) is 15.2. The zero-order valence-electron chi connectivity index (χ0n) is 13.3. The highest BCUT2D eigenvalue weighted by atomic mass is 32.1. The maximum atomic E-state index is 3.69. The molecule has 1 aliphatic rings. The Bertz CT molecular complexity index is 605. The Labute approximate surface area is 132 Å². The molecule has 0 amide bonds. The molecule has 1 N–H and O–H groups in total. The fourth-order valence-corrected chi connectivity index (χ4v) is 4.62. The predicted molar refractivity (Wildman–Crippen MR) is 92.4 cm³/mol. The van der Waals surface area contributed by atoms with Gasteiger partial charge in [0.2, 0.25) is 0 Å². The van der Waals surface area contributed by atoms with Gasteiger partial charge in [-0.1, -0.05) is 30.7 Å². The summed E-state index contributed by atoms with van der Waals surface area (Å²) in [5, 5.41) is 3.69. The molecule has 3 rings (SSSR count). The standard InChI is InChI=1S/C19H25NS/c1-4-20-17(11-16-10-13(2)8-9-14(16)3)19-12-15-6-5-7-18(15)21-19/h8-10,12,17,20H,4-7,11H2,1-3H3. The molecule has 21 heavy (non-hydrogen) atoms. The van der Waals surface area contributed by atoms with Crippen LogP contribution in [-0.4, -0.2) is 6.54 Å². The Kier molecular flexibility index (Phi) is 4.46. The second kappa shape index (κ2) is 6.33. The average molecular weight is 299 g/mol. The van der Waals surface area contributed by atoms with Crippen LogP contribution in [0.5, 0.6) is 0 Å². The predicted octanol–water partition coefficient (Wildman–Crippen LogP) is 4.75. The van der Waals surface area contributed by atoms with E-state index in [1.165, 1.54) is 40.8 Å². The van der Waals surface area contributed by atoms with Crippen molar-refractivity contribution in [3.8, 4) is 0 Å². The molecule has 1 unspecified atom stereocenters. The molecular weight excluding hydrogens is 274 g/mol. The molecule has 1 heterocycles. The van der Waals surface area contributed by atoms with Crippen LogP contribution < -0.4 is 5.32 Å². The first-order valence-electron chi connectivity index (χ1n) is 8.08. The second-order valence-corrected chi connectivity index (χ2v) is 7.36. The number of hydrogen-bond donors (Lipinski definition) is 1. The molecule has 112 valence electrons. The topological polar surface area (TPSA) is 12.0 Å². The van der Waals surface area contributed by atoms with Crippen LogP contribution in [0.2, 0.25) is 0 Å². The average Bonchev–Trinajstić information content (AvgIpc) is 3.03. The molecule has 1 aromatic heterocycles. The van der Waals surface area contributed by atoms with Crippen molar-refractivity contribution in [1.29, 1.82) is 0 Å². The van der Waals surface area contributed by atoms with E-state index in [-0.39, 0.29) is 0 Å². The second-order valence-electron chi connectivity index (χ2n) is 6.20. The van der Waals surface area contributed by atoms with E-state index in [0.717, 1.165) is 13.0 Å². The largest absolute Gasteiger partial charge is 0.309 e. The van der Waals surface area contributed by atoms with Crippen LogP contribution in [0.3, 0.4) is 0 Å². The van der Waals surface area contributed by atoms with E-state index in [1.807, 2.05) is 11.3 Å². The van der Waals surface area contributed by atoms with Gasteiger partial charge < -0.3 is 5.32 Å². The molecule has 0 spiro atoms. The lowest BCUT2D eigenvalue weighted by Gasteiger charge is -2.18. The number of thiophene rings is 1. The molecule has 2 aromatic rings.